The molecule has 0 aliphatic rings. The lowest BCUT2D eigenvalue weighted by molar-refractivity contribution is 0.0698. The second-order valence-corrected chi connectivity index (χ2v) is 5.01. The van der Waals surface area contributed by atoms with E-state index in [9.17, 15) is 14.7 Å². The molecule has 0 aromatic heterocycles. The van der Waals surface area contributed by atoms with E-state index in [4.69, 9.17) is 0 Å². The lowest BCUT2D eigenvalue weighted by atomic mass is 10.0. The minimum Gasteiger partial charge on any atom is -0.478 e. The maximum absolute atomic E-state index is 12.1. The number of carboxylic acid groups (broad SMARTS) is 1. The molecular weight excluding hydrogens is 256 g/mol. The Morgan fingerprint density at radius 3 is 2.50 bits per heavy atom. The number of urea groups is 1. The van der Waals surface area contributed by atoms with Crippen LogP contribution in [-0.2, 0) is 0 Å². The zero-order valence-corrected chi connectivity index (χ0v) is 12.5. The van der Waals surface area contributed by atoms with Gasteiger partial charge in [0.1, 0.15) is 0 Å². The molecule has 1 aromatic carbocycles. The molecule has 2 amide bonds. The molecule has 0 atom stereocenters. The van der Waals surface area contributed by atoms with Gasteiger partial charge in [0.25, 0.3) is 0 Å². The van der Waals surface area contributed by atoms with Gasteiger partial charge in [0.15, 0.2) is 0 Å². The molecule has 1 aromatic rings. The number of aromatic carboxylic acids is 1. The van der Waals surface area contributed by atoms with Gasteiger partial charge >= 0.3 is 12.0 Å². The summed E-state index contributed by atoms with van der Waals surface area (Å²) >= 11 is 0. The maximum Gasteiger partial charge on any atom is 0.337 e. The monoisotopic (exact) mass is 278 g/mol. The van der Waals surface area contributed by atoms with E-state index in [2.05, 4.69) is 12.2 Å². The number of benzene rings is 1. The van der Waals surface area contributed by atoms with Crippen molar-refractivity contribution in [3.63, 3.8) is 0 Å². The van der Waals surface area contributed by atoms with Crippen LogP contribution in [0, 0.1) is 13.8 Å². The molecule has 0 aliphatic heterocycles. The van der Waals surface area contributed by atoms with Gasteiger partial charge in [-0.1, -0.05) is 19.4 Å². The summed E-state index contributed by atoms with van der Waals surface area (Å²) in [6.07, 6.45) is 1.92. The van der Waals surface area contributed by atoms with E-state index >= 15 is 0 Å². The Labute approximate surface area is 119 Å². The van der Waals surface area contributed by atoms with E-state index in [-0.39, 0.29) is 11.6 Å². The van der Waals surface area contributed by atoms with Gasteiger partial charge in [0.05, 0.1) is 11.3 Å². The van der Waals surface area contributed by atoms with Crippen LogP contribution >= 0.6 is 0 Å². The molecule has 5 nitrogen and oxygen atoms in total. The average molecular weight is 278 g/mol. The topological polar surface area (TPSA) is 69.6 Å². The molecule has 5 heteroatoms. The Morgan fingerprint density at radius 2 is 1.95 bits per heavy atom. The number of amides is 2. The number of carboxylic acids is 1. The van der Waals surface area contributed by atoms with Crippen LogP contribution in [0.25, 0.3) is 0 Å². The highest BCUT2D eigenvalue weighted by atomic mass is 16.4. The molecule has 0 spiro atoms. The zero-order chi connectivity index (χ0) is 15.3. The van der Waals surface area contributed by atoms with Crippen molar-refractivity contribution in [1.82, 2.24) is 4.90 Å². The van der Waals surface area contributed by atoms with Gasteiger partial charge < -0.3 is 15.3 Å². The Bertz CT molecular complexity index is 512. The molecule has 1 rings (SSSR count). The molecule has 0 fully saturated rings. The first-order valence-electron chi connectivity index (χ1n) is 6.73. The summed E-state index contributed by atoms with van der Waals surface area (Å²) in [4.78, 5) is 24.9. The van der Waals surface area contributed by atoms with Crippen molar-refractivity contribution in [1.29, 1.82) is 0 Å². The molecular formula is C15H22N2O3. The van der Waals surface area contributed by atoms with E-state index in [1.54, 1.807) is 24.9 Å². The van der Waals surface area contributed by atoms with Crippen LogP contribution in [0.4, 0.5) is 10.5 Å². The van der Waals surface area contributed by atoms with Crippen molar-refractivity contribution in [2.45, 2.75) is 33.6 Å². The number of carbonyl (C=O) groups excluding carboxylic acids is 1. The number of unbranched alkanes of at least 4 members (excludes halogenated alkanes) is 1. The third-order valence-electron chi connectivity index (χ3n) is 3.14. The molecule has 2 N–H and O–H groups in total. The zero-order valence-electron chi connectivity index (χ0n) is 12.5. The van der Waals surface area contributed by atoms with Crippen LogP contribution < -0.4 is 5.32 Å². The van der Waals surface area contributed by atoms with Gasteiger partial charge in [-0.05, 0) is 37.5 Å². The Hall–Kier alpha value is -2.04. The lowest BCUT2D eigenvalue weighted by Crippen LogP contribution is -2.32. The van der Waals surface area contributed by atoms with E-state index in [0.29, 0.717) is 12.2 Å². The van der Waals surface area contributed by atoms with Crippen LogP contribution in [0.5, 0.6) is 0 Å². The van der Waals surface area contributed by atoms with Gasteiger partial charge in [-0.3, -0.25) is 0 Å². The van der Waals surface area contributed by atoms with E-state index < -0.39 is 5.97 Å². The van der Waals surface area contributed by atoms with Gasteiger partial charge in [-0.2, -0.15) is 0 Å². The van der Waals surface area contributed by atoms with Crippen LogP contribution in [0.2, 0.25) is 0 Å². The van der Waals surface area contributed by atoms with Crippen molar-refractivity contribution >= 4 is 17.7 Å². The number of aryl methyl sites for hydroxylation is 2. The predicted octanol–water partition coefficient (Wildman–Crippen LogP) is 3.27. The highest BCUT2D eigenvalue weighted by Crippen LogP contribution is 2.23. The standard InChI is InChI=1S/C15H22N2O3/c1-5-6-7-17(4)15(20)16-13-11(3)8-10(2)9-12(13)14(18)19/h8-9H,5-7H2,1-4H3,(H,16,20)(H,18,19). The summed E-state index contributed by atoms with van der Waals surface area (Å²) in [7, 11) is 1.70. The number of rotatable bonds is 5. The van der Waals surface area contributed by atoms with Crippen LogP contribution in [0.15, 0.2) is 12.1 Å². The Kier molecular flexibility index (Phi) is 5.55. The summed E-state index contributed by atoms with van der Waals surface area (Å²) < 4.78 is 0. The number of anilines is 1. The molecule has 0 unspecified atom stereocenters. The minimum atomic E-state index is -1.04. The maximum atomic E-state index is 12.1. The highest BCUT2D eigenvalue weighted by molar-refractivity contribution is 6.01. The molecule has 0 heterocycles. The number of nitrogens with zero attached hydrogens (tertiary/aromatic N) is 1. The van der Waals surface area contributed by atoms with Crippen molar-refractivity contribution in [3.8, 4) is 0 Å². The molecule has 0 radical (unpaired) electrons. The minimum absolute atomic E-state index is 0.125. The van der Waals surface area contributed by atoms with E-state index in [0.717, 1.165) is 24.0 Å². The first-order valence-corrected chi connectivity index (χ1v) is 6.73. The molecule has 0 saturated carbocycles. The molecule has 110 valence electrons. The van der Waals surface area contributed by atoms with Gasteiger partial charge in [-0.15, -0.1) is 0 Å². The normalized spacial score (nSPS) is 10.2. The number of nitrogens with one attached hydrogen (secondary N) is 1. The molecule has 0 saturated heterocycles. The summed E-state index contributed by atoms with van der Waals surface area (Å²) in [5, 5.41) is 11.9. The molecule has 0 aliphatic carbocycles. The third kappa shape index (κ3) is 3.98. The molecule has 0 bridgehead atoms. The fourth-order valence-corrected chi connectivity index (χ4v) is 2.00. The second-order valence-electron chi connectivity index (χ2n) is 5.01. The highest BCUT2D eigenvalue weighted by Gasteiger charge is 2.17. The van der Waals surface area contributed by atoms with Crippen molar-refractivity contribution in [2.75, 3.05) is 18.9 Å². The fourth-order valence-electron chi connectivity index (χ4n) is 2.00. The summed E-state index contributed by atoms with van der Waals surface area (Å²) in [6, 6.07) is 3.14. The van der Waals surface area contributed by atoms with Crippen molar-refractivity contribution < 1.29 is 14.7 Å². The van der Waals surface area contributed by atoms with Gasteiger partial charge in [-0.25, -0.2) is 9.59 Å². The van der Waals surface area contributed by atoms with Crippen LogP contribution in [-0.4, -0.2) is 35.6 Å². The number of hydrogen-bond acceptors (Lipinski definition) is 2. The largest absolute Gasteiger partial charge is 0.478 e. The van der Waals surface area contributed by atoms with Gasteiger partial charge in [0.2, 0.25) is 0 Å². The van der Waals surface area contributed by atoms with E-state index in [1.807, 2.05) is 13.0 Å². The van der Waals surface area contributed by atoms with Crippen molar-refractivity contribution in [3.05, 3.63) is 28.8 Å². The Morgan fingerprint density at radius 1 is 1.30 bits per heavy atom. The molecule has 20 heavy (non-hydrogen) atoms. The van der Waals surface area contributed by atoms with Crippen LogP contribution in [0.3, 0.4) is 0 Å². The third-order valence-corrected chi connectivity index (χ3v) is 3.14. The smallest absolute Gasteiger partial charge is 0.337 e. The van der Waals surface area contributed by atoms with Crippen LogP contribution in [0.1, 0.15) is 41.3 Å². The summed E-state index contributed by atoms with van der Waals surface area (Å²) in [5.74, 6) is -1.04. The fraction of sp³-hybridized carbons (Fsp3) is 0.467. The number of hydrogen-bond donors (Lipinski definition) is 2. The first kappa shape index (κ1) is 16.0. The SMILES string of the molecule is CCCCN(C)C(=O)Nc1c(C)cc(C)cc1C(=O)O. The average Bonchev–Trinajstić information content (AvgIpc) is 2.38. The number of carbonyl (C=O) groups is 2. The summed E-state index contributed by atoms with van der Waals surface area (Å²) in [5.41, 5.74) is 2.10. The van der Waals surface area contributed by atoms with Crippen molar-refractivity contribution in [2.24, 2.45) is 0 Å². The Balaban J connectivity index is 2.97. The van der Waals surface area contributed by atoms with E-state index in [1.165, 1.54) is 0 Å². The van der Waals surface area contributed by atoms with Gasteiger partial charge in [0, 0.05) is 13.6 Å². The quantitative estimate of drug-likeness (QED) is 0.868. The summed E-state index contributed by atoms with van der Waals surface area (Å²) in [6.45, 7) is 6.33. The predicted molar refractivity (Wildman–Crippen MR) is 79.4 cm³/mol. The first-order chi connectivity index (χ1) is 9.36. The second kappa shape index (κ2) is 6.93. The lowest BCUT2D eigenvalue weighted by Gasteiger charge is -2.19.